The SMILES string of the molecule is Cc1ccc(Nc2ccc(N3CCOCC3)cc2)cc1B1OC(C)(C)C(C)(C)O1. The molecular weight excluding hydrogens is 363 g/mol. The second-order valence-electron chi connectivity index (χ2n) is 8.93. The number of ether oxygens (including phenoxy) is 1. The first kappa shape index (κ1) is 20.3. The maximum Gasteiger partial charge on any atom is 0.495 e. The largest absolute Gasteiger partial charge is 0.495 e. The summed E-state index contributed by atoms with van der Waals surface area (Å²) in [4.78, 5) is 2.36. The van der Waals surface area contributed by atoms with Crippen molar-refractivity contribution < 1.29 is 14.0 Å². The molecule has 2 aromatic carbocycles. The Morgan fingerprint density at radius 2 is 1.45 bits per heavy atom. The molecule has 29 heavy (non-hydrogen) atoms. The number of nitrogens with zero attached hydrogens (tertiary/aromatic N) is 1. The van der Waals surface area contributed by atoms with Crippen LogP contribution < -0.4 is 15.7 Å². The van der Waals surface area contributed by atoms with Crippen LogP contribution >= 0.6 is 0 Å². The molecule has 0 unspecified atom stereocenters. The van der Waals surface area contributed by atoms with Crippen molar-refractivity contribution in [2.45, 2.75) is 45.8 Å². The molecule has 0 saturated carbocycles. The van der Waals surface area contributed by atoms with Gasteiger partial charge in [0.25, 0.3) is 0 Å². The van der Waals surface area contributed by atoms with Crippen molar-refractivity contribution in [2.24, 2.45) is 0 Å². The zero-order chi connectivity index (χ0) is 20.6. The quantitative estimate of drug-likeness (QED) is 0.798. The van der Waals surface area contributed by atoms with Gasteiger partial charge in [0, 0.05) is 30.2 Å². The van der Waals surface area contributed by atoms with Gasteiger partial charge in [0.05, 0.1) is 24.4 Å². The summed E-state index contributed by atoms with van der Waals surface area (Å²) < 4.78 is 17.9. The van der Waals surface area contributed by atoms with Crippen LogP contribution in [0.2, 0.25) is 0 Å². The number of hydrogen-bond acceptors (Lipinski definition) is 5. The van der Waals surface area contributed by atoms with Gasteiger partial charge in [-0.1, -0.05) is 11.6 Å². The van der Waals surface area contributed by atoms with Gasteiger partial charge in [0.1, 0.15) is 0 Å². The van der Waals surface area contributed by atoms with Crippen molar-refractivity contribution in [3.8, 4) is 0 Å². The van der Waals surface area contributed by atoms with Crippen molar-refractivity contribution >= 4 is 29.6 Å². The van der Waals surface area contributed by atoms with E-state index in [-0.39, 0.29) is 18.3 Å². The Morgan fingerprint density at radius 3 is 2.07 bits per heavy atom. The molecule has 2 fully saturated rings. The first-order valence-corrected chi connectivity index (χ1v) is 10.4. The Bertz CT molecular complexity index is 845. The third-order valence-corrected chi connectivity index (χ3v) is 6.32. The normalized spacial score (nSPS) is 20.7. The smallest absolute Gasteiger partial charge is 0.399 e. The van der Waals surface area contributed by atoms with Crippen LogP contribution in [0.15, 0.2) is 42.5 Å². The highest BCUT2D eigenvalue weighted by Crippen LogP contribution is 2.37. The molecule has 2 saturated heterocycles. The van der Waals surface area contributed by atoms with Gasteiger partial charge in [-0.2, -0.15) is 0 Å². The second kappa shape index (κ2) is 7.67. The summed E-state index contributed by atoms with van der Waals surface area (Å²) in [5, 5.41) is 3.51. The highest BCUT2D eigenvalue weighted by Gasteiger charge is 2.52. The van der Waals surface area contributed by atoms with Crippen molar-refractivity contribution in [3.63, 3.8) is 0 Å². The minimum atomic E-state index is -0.356. The number of nitrogens with one attached hydrogen (secondary N) is 1. The van der Waals surface area contributed by atoms with Crippen molar-refractivity contribution in [2.75, 3.05) is 36.5 Å². The summed E-state index contributed by atoms with van der Waals surface area (Å²) in [6.45, 7) is 13.9. The third-order valence-electron chi connectivity index (χ3n) is 6.32. The van der Waals surface area contributed by atoms with E-state index in [1.54, 1.807) is 0 Å². The molecule has 0 aromatic heterocycles. The maximum absolute atomic E-state index is 6.25. The Morgan fingerprint density at radius 1 is 0.862 bits per heavy atom. The lowest BCUT2D eigenvalue weighted by molar-refractivity contribution is 0.00578. The number of anilines is 3. The van der Waals surface area contributed by atoms with E-state index < -0.39 is 0 Å². The fourth-order valence-corrected chi connectivity index (χ4v) is 3.69. The van der Waals surface area contributed by atoms with E-state index in [1.807, 2.05) is 0 Å². The minimum absolute atomic E-state index is 0.344. The Labute approximate surface area is 174 Å². The first-order chi connectivity index (χ1) is 13.7. The zero-order valence-electron chi connectivity index (χ0n) is 18.1. The van der Waals surface area contributed by atoms with Crippen molar-refractivity contribution in [3.05, 3.63) is 48.0 Å². The van der Waals surface area contributed by atoms with Gasteiger partial charge >= 0.3 is 7.12 Å². The Hall–Kier alpha value is -2.02. The van der Waals surface area contributed by atoms with Gasteiger partial charge in [-0.15, -0.1) is 0 Å². The van der Waals surface area contributed by atoms with Crippen LogP contribution in [-0.2, 0) is 14.0 Å². The number of aryl methyl sites for hydroxylation is 1. The van der Waals surface area contributed by atoms with Crippen LogP contribution in [0.1, 0.15) is 33.3 Å². The molecule has 1 N–H and O–H groups in total. The van der Waals surface area contributed by atoms with Crippen LogP contribution in [0.25, 0.3) is 0 Å². The van der Waals surface area contributed by atoms with E-state index >= 15 is 0 Å². The molecule has 154 valence electrons. The number of hydrogen-bond donors (Lipinski definition) is 1. The maximum atomic E-state index is 6.25. The Balaban J connectivity index is 1.49. The van der Waals surface area contributed by atoms with Crippen LogP contribution in [0.4, 0.5) is 17.1 Å². The predicted octanol–water partition coefficient (Wildman–Crippen LogP) is 3.87. The fourth-order valence-electron chi connectivity index (χ4n) is 3.69. The van der Waals surface area contributed by atoms with E-state index in [9.17, 15) is 0 Å². The molecule has 2 aliphatic rings. The summed E-state index contributed by atoms with van der Waals surface area (Å²) in [7, 11) is -0.356. The van der Waals surface area contributed by atoms with Gasteiger partial charge in [-0.25, -0.2) is 0 Å². The average Bonchev–Trinajstić information content (AvgIpc) is 2.92. The van der Waals surface area contributed by atoms with E-state index in [1.165, 1.54) is 5.69 Å². The topological polar surface area (TPSA) is 43.0 Å². The lowest BCUT2D eigenvalue weighted by Gasteiger charge is -2.32. The average molecular weight is 394 g/mol. The van der Waals surface area contributed by atoms with Crippen LogP contribution in [0.3, 0.4) is 0 Å². The lowest BCUT2D eigenvalue weighted by atomic mass is 9.76. The predicted molar refractivity (Wildman–Crippen MR) is 120 cm³/mol. The molecule has 0 amide bonds. The van der Waals surface area contributed by atoms with Crippen molar-refractivity contribution in [1.29, 1.82) is 0 Å². The van der Waals surface area contributed by atoms with Crippen LogP contribution in [0, 0.1) is 6.92 Å². The molecule has 2 aromatic rings. The van der Waals surface area contributed by atoms with E-state index in [2.05, 4.69) is 87.3 Å². The first-order valence-electron chi connectivity index (χ1n) is 10.4. The molecule has 0 atom stereocenters. The molecule has 5 nitrogen and oxygen atoms in total. The third kappa shape index (κ3) is 4.15. The van der Waals surface area contributed by atoms with E-state index in [0.717, 1.165) is 48.7 Å². The number of rotatable bonds is 4. The fraction of sp³-hybridized carbons (Fsp3) is 0.478. The highest BCUT2D eigenvalue weighted by molar-refractivity contribution is 6.62. The monoisotopic (exact) mass is 394 g/mol. The summed E-state index contributed by atoms with van der Waals surface area (Å²) in [5.41, 5.74) is 4.87. The molecule has 0 spiro atoms. The van der Waals surface area contributed by atoms with E-state index in [4.69, 9.17) is 14.0 Å². The summed E-state index contributed by atoms with van der Waals surface area (Å²) >= 11 is 0. The van der Waals surface area contributed by atoms with Crippen LogP contribution in [0.5, 0.6) is 0 Å². The molecular formula is C23H31BN2O3. The highest BCUT2D eigenvalue weighted by atomic mass is 16.7. The lowest BCUT2D eigenvalue weighted by Crippen LogP contribution is -2.41. The van der Waals surface area contributed by atoms with E-state index in [0.29, 0.717) is 0 Å². The molecule has 0 aliphatic carbocycles. The summed E-state index contributed by atoms with van der Waals surface area (Å²) in [5.74, 6) is 0. The van der Waals surface area contributed by atoms with Gasteiger partial charge in [-0.3, -0.25) is 0 Å². The van der Waals surface area contributed by atoms with Crippen LogP contribution in [-0.4, -0.2) is 44.6 Å². The van der Waals surface area contributed by atoms with Gasteiger partial charge < -0.3 is 24.3 Å². The molecule has 0 bridgehead atoms. The second-order valence-corrected chi connectivity index (χ2v) is 8.93. The molecule has 4 rings (SSSR count). The van der Waals surface area contributed by atoms with Gasteiger partial charge in [0.15, 0.2) is 0 Å². The molecule has 2 aliphatic heterocycles. The van der Waals surface area contributed by atoms with Gasteiger partial charge in [-0.05, 0) is 76.5 Å². The molecule has 0 radical (unpaired) electrons. The number of benzene rings is 2. The standard InChI is InChI=1S/C23H31BN2O3/c1-17-6-7-19(16-21(17)24-28-22(2,3)23(4,5)29-24)25-18-8-10-20(11-9-18)26-12-14-27-15-13-26/h6-11,16,25H,12-15H2,1-5H3. The minimum Gasteiger partial charge on any atom is -0.399 e. The summed E-state index contributed by atoms with van der Waals surface area (Å²) in [6, 6.07) is 14.9. The number of morpholine rings is 1. The zero-order valence-corrected chi connectivity index (χ0v) is 18.1. The van der Waals surface area contributed by atoms with Crippen molar-refractivity contribution in [1.82, 2.24) is 0 Å². The Kier molecular flexibility index (Phi) is 5.36. The van der Waals surface area contributed by atoms with Gasteiger partial charge in [0.2, 0.25) is 0 Å². The molecule has 2 heterocycles. The summed E-state index contributed by atoms with van der Waals surface area (Å²) in [6.07, 6.45) is 0. The molecule has 6 heteroatoms.